The predicted molar refractivity (Wildman–Crippen MR) is 161 cm³/mol. The van der Waals surface area contributed by atoms with E-state index in [1.54, 1.807) is 38.5 Å². The van der Waals surface area contributed by atoms with Gasteiger partial charge in [0.2, 0.25) is 5.95 Å². The Labute approximate surface area is 241 Å². The van der Waals surface area contributed by atoms with Gasteiger partial charge >= 0.3 is 0 Å². The minimum absolute atomic E-state index is 0.266. The molecule has 2 aliphatic rings. The molecule has 0 aliphatic carbocycles. The maximum Gasteiger partial charge on any atom is 0.227 e. The first-order valence-electron chi connectivity index (χ1n) is 13.9. The van der Waals surface area contributed by atoms with Crippen molar-refractivity contribution in [3.8, 4) is 11.5 Å². The fraction of sp³-hybridized carbons (Fsp3) is 0.355. The van der Waals surface area contributed by atoms with Crippen molar-refractivity contribution in [2.45, 2.75) is 42.8 Å². The monoisotopic (exact) mass is 573 g/mol. The molecule has 0 spiro atoms. The van der Waals surface area contributed by atoms with E-state index < -0.39 is 9.84 Å². The van der Waals surface area contributed by atoms with Gasteiger partial charge in [0.1, 0.15) is 5.82 Å². The summed E-state index contributed by atoms with van der Waals surface area (Å²) in [6.07, 6.45) is 4.63. The molecule has 3 aromatic carbocycles. The number of aromatic nitrogens is 2. The average Bonchev–Trinajstić information content (AvgIpc) is 3.24. The highest BCUT2D eigenvalue weighted by Crippen LogP contribution is 2.38. The van der Waals surface area contributed by atoms with Gasteiger partial charge in [0.05, 0.1) is 24.6 Å². The minimum atomic E-state index is -3.29. The Hall–Kier alpha value is -3.89. The summed E-state index contributed by atoms with van der Waals surface area (Å²) >= 11 is 0. The molecular formula is C31H35N5O4S. The normalized spacial score (nSPS) is 19.2. The topological polar surface area (TPSA) is 96.9 Å². The van der Waals surface area contributed by atoms with Gasteiger partial charge in [-0.05, 0) is 55.2 Å². The molecule has 10 heteroatoms. The number of anilines is 3. The molecule has 3 heterocycles. The molecule has 2 saturated heterocycles. The molecule has 0 amide bonds. The van der Waals surface area contributed by atoms with Gasteiger partial charge in [0.15, 0.2) is 21.3 Å². The first-order chi connectivity index (χ1) is 19.8. The van der Waals surface area contributed by atoms with E-state index in [0.29, 0.717) is 35.3 Å². The van der Waals surface area contributed by atoms with Crippen LogP contribution in [0.25, 0.3) is 10.9 Å². The highest BCUT2D eigenvalue weighted by molar-refractivity contribution is 7.90. The molecule has 41 heavy (non-hydrogen) atoms. The first-order valence-corrected chi connectivity index (χ1v) is 15.8. The Morgan fingerprint density at radius 3 is 2.32 bits per heavy atom. The fourth-order valence-corrected chi connectivity index (χ4v) is 6.64. The summed E-state index contributed by atoms with van der Waals surface area (Å²) in [6, 6.07) is 22.1. The molecule has 2 fully saturated rings. The number of hydrogen-bond acceptors (Lipinski definition) is 9. The van der Waals surface area contributed by atoms with Crippen LogP contribution in [0.1, 0.15) is 24.8 Å². The van der Waals surface area contributed by atoms with E-state index in [1.165, 1.54) is 18.2 Å². The summed E-state index contributed by atoms with van der Waals surface area (Å²) in [4.78, 5) is 15.3. The molecule has 214 valence electrons. The summed E-state index contributed by atoms with van der Waals surface area (Å²) in [5.41, 5.74) is 2.80. The molecule has 0 saturated carbocycles. The molecule has 2 unspecified atom stereocenters. The van der Waals surface area contributed by atoms with Crippen LogP contribution in [0.2, 0.25) is 0 Å². The van der Waals surface area contributed by atoms with Crippen molar-refractivity contribution in [2.24, 2.45) is 0 Å². The summed E-state index contributed by atoms with van der Waals surface area (Å²) < 4.78 is 35.1. The van der Waals surface area contributed by atoms with Gasteiger partial charge in [-0.3, -0.25) is 4.90 Å². The Balaban J connectivity index is 1.35. The van der Waals surface area contributed by atoms with E-state index in [2.05, 4.69) is 45.4 Å². The molecule has 4 aromatic rings. The Morgan fingerprint density at radius 1 is 0.902 bits per heavy atom. The van der Waals surface area contributed by atoms with Crippen LogP contribution in [-0.4, -0.2) is 68.9 Å². The number of hydrogen-bond donors (Lipinski definition) is 1. The molecule has 2 aliphatic heterocycles. The van der Waals surface area contributed by atoms with Crippen LogP contribution in [0, 0.1) is 0 Å². The zero-order valence-corrected chi connectivity index (χ0v) is 24.4. The lowest BCUT2D eigenvalue weighted by Crippen LogP contribution is -2.39. The van der Waals surface area contributed by atoms with Crippen molar-refractivity contribution in [3.63, 3.8) is 0 Å². The smallest absolute Gasteiger partial charge is 0.227 e. The van der Waals surface area contributed by atoms with Gasteiger partial charge in [-0.25, -0.2) is 13.4 Å². The van der Waals surface area contributed by atoms with Crippen molar-refractivity contribution in [1.29, 1.82) is 0 Å². The zero-order valence-electron chi connectivity index (χ0n) is 23.6. The number of fused-ring (bicyclic) bond motifs is 3. The molecule has 2 atom stereocenters. The van der Waals surface area contributed by atoms with Crippen LogP contribution in [0.15, 0.2) is 71.6 Å². The highest BCUT2D eigenvalue weighted by atomic mass is 32.2. The molecule has 1 N–H and O–H groups in total. The zero-order chi connectivity index (χ0) is 28.6. The van der Waals surface area contributed by atoms with Crippen molar-refractivity contribution in [3.05, 3.63) is 72.3 Å². The largest absolute Gasteiger partial charge is 0.493 e. The Kier molecular flexibility index (Phi) is 7.44. The fourth-order valence-electron chi connectivity index (χ4n) is 6.01. The second-order valence-corrected chi connectivity index (χ2v) is 12.8. The van der Waals surface area contributed by atoms with E-state index in [-0.39, 0.29) is 4.90 Å². The third-order valence-corrected chi connectivity index (χ3v) is 9.29. The minimum Gasteiger partial charge on any atom is -0.493 e. The third kappa shape index (κ3) is 5.67. The summed E-state index contributed by atoms with van der Waals surface area (Å²) in [7, 11) is -0.0790. The quantitative estimate of drug-likeness (QED) is 0.311. The summed E-state index contributed by atoms with van der Waals surface area (Å²) in [6.45, 7) is 2.67. The van der Waals surface area contributed by atoms with E-state index in [4.69, 9.17) is 19.4 Å². The van der Waals surface area contributed by atoms with Crippen LogP contribution in [-0.2, 0) is 16.4 Å². The maximum absolute atomic E-state index is 12.0. The molecule has 1 aromatic heterocycles. The van der Waals surface area contributed by atoms with Crippen molar-refractivity contribution >= 4 is 38.2 Å². The maximum atomic E-state index is 12.0. The van der Waals surface area contributed by atoms with Crippen molar-refractivity contribution in [2.75, 3.05) is 43.8 Å². The molecule has 2 bridgehead atoms. The van der Waals surface area contributed by atoms with Crippen LogP contribution < -0.4 is 19.7 Å². The Morgan fingerprint density at radius 2 is 1.61 bits per heavy atom. The average molecular weight is 574 g/mol. The SMILES string of the molecule is COc1cc2nc(N3CCC4CCC(C3)N4Cc3ccccc3)nc(Nc3ccc(S(C)(=O)=O)cc3)c2cc1OC. The standard InChI is InChI=1S/C31H35N5O4S/c1-39-28-17-26-27(18-29(28)40-2)33-31(34-30(26)32-22-9-13-25(14-10-22)41(3,37)38)35-16-15-23-11-12-24(20-35)36(23)19-21-7-5-4-6-8-21/h4-10,13-14,17-18,23-24H,11-12,15-16,19-20H2,1-3H3,(H,32,33,34). The van der Waals surface area contributed by atoms with E-state index in [1.807, 2.05) is 12.1 Å². The van der Waals surface area contributed by atoms with E-state index in [0.717, 1.165) is 49.1 Å². The van der Waals surface area contributed by atoms with Gasteiger partial charge in [0.25, 0.3) is 0 Å². The van der Waals surface area contributed by atoms with Crippen molar-refractivity contribution < 1.29 is 17.9 Å². The van der Waals surface area contributed by atoms with Gasteiger partial charge in [-0.15, -0.1) is 0 Å². The molecule has 6 rings (SSSR count). The lowest BCUT2D eigenvalue weighted by molar-refractivity contribution is 0.194. The van der Waals surface area contributed by atoms with Crippen molar-refractivity contribution in [1.82, 2.24) is 14.9 Å². The third-order valence-electron chi connectivity index (χ3n) is 8.16. The number of rotatable bonds is 8. The number of benzene rings is 3. The van der Waals surface area contributed by atoms with Gasteiger partial charge in [-0.2, -0.15) is 4.98 Å². The lowest BCUT2D eigenvalue weighted by atomic mass is 10.1. The lowest BCUT2D eigenvalue weighted by Gasteiger charge is -2.29. The molecule has 0 radical (unpaired) electrons. The predicted octanol–water partition coefficient (Wildman–Crippen LogP) is 5.04. The first kappa shape index (κ1) is 27.3. The van der Waals surface area contributed by atoms with Gasteiger partial charge in [0, 0.05) is 55.1 Å². The molecular weight excluding hydrogens is 538 g/mol. The summed E-state index contributed by atoms with van der Waals surface area (Å²) in [5.74, 6) is 2.45. The number of nitrogens with zero attached hydrogens (tertiary/aromatic N) is 4. The van der Waals surface area contributed by atoms with Gasteiger partial charge in [-0.1, -0.05) is 30.3 Å². The van der Waals surface area contributed by atoms with Crippen LogP contribution in [0.3, 0.4) is 0 Å². The number of methoxy groups -OCH3 is 2. The van der Waals surface area contributed by atoms with Crippen LogP contribution in [0.4, 0.5) is 17.5 Å². The second-order valence-electron chi connectivity index (χ2n) is 10.8. The summed E-state index contributed by atoms with van der Waals surface area (Å²) in [5, 5.41) is 4.18. The van der Waals surface area contributed by atoms with E-state index >= 15 is 0 Å². The van der Waals surface area contributed by atoms with Crippen LogP contribution in [0.5, 0.6) is 11.5 Å². The van der Waals surface area contributed by atoms with Crippen LogP contribution >= 0.6 is 0 Å². The number of ether oxygens (including phenoxy) is 2. The second kappa shape index (κ2) is 11.2. The number of sulfone groups is 1. The van der Waals surface area contributed by atoms with Gasteiger partial charge < -0.3 is 19.7 Å². The van der Waals surface area contributed by atoms with E-state index in [9.17, 15) is 8.42 Å². The molecule has 9 nitrogen and oxygen atoms in total. The highest BCUT2D eigenvalue weighted by Gasteiger charge is 2.38. The number of nitrogens with one attached hydrogen (secondary N) is 1. The Bertz CT molecular complexity index is 1650.